The standard InChI is InChI=1S/C18H15F2N7O/c1-9-3-15-21-8-14(13-4-11(19)5-24-18(13)28)27(15)26-16(9)25-10(2)17-22-6-12(20)7-23-17/h3-8,10H,1-2H3,(H,24,28)(H,25,26)/t10-/m0/s1. The topological polar surface area (TPSA) is 101 Å². The first-order valence-electron chi connectivity index (χ1n) is 8.40. The first-order valence-corrected chi connectivity index (χ1v) is 8.40. The van der Waals surface area contributed by atoms with Crippen LogP contribution < -0.4 is 10.9 Å². The highest BCUT2D eigenvalue weighted by Crippen LogP contribution is 2.23. The lowest BCUT2D eigenvalue weighted by Gasteiger charge is -2.15. The number of H-pyrrole nitrogens is 1. The third-order valence-electron chi connectivity index (χ3n) is 4.21. The summed E-state index contributed by atoms with van der Waals surface area (Å²) in [6, 6.07) is 2.56. The van der Waals surface area contributed by atoms with Gasteiger partial charge in [-0.1, -0.05) is 0 Å². The van der Waals surface area contributed by atoms with Gasteiger partial charge in [0.1, 0.15) is 11.6 Å². The van der Waals surface area contributed by atoms with Crippen molar-refractivity contribution < 1.29 is 8.78 Å². The Labute approximate surface area is 157 Å². The van der Waals surface area contributed by atoms with Crippen molar-refractivity contribution in [3.63, 3.8) is 0 Å². The van der Waals surface area contributed by atoms with Crippen LogP contribution in [0.2, 0.25) is 0 Å². The quantitative estimate of drug-likeness (QED) is 0.562. The van der Waals surface area contributed by atoms with E-state index in [1.807, 2.05) is 13.8 Å². The Morgan fingerprint density at radius 3 is 2.61 bits per heavy atom. The Balaban J connectivity index is 1.76. The molecule has 28 heavy (non-hydrogen) atoms. The van der Waals surface area contributed by atoms with Crippen LogP contribution >= 0.6 is 0 Å². The number of nitrogens with zero attached hydrogens (tertiary/aromatic N) is 5. The van der Waals surface area contributed by atoms with Crippen molar-refractivity contribution in [2.24, 2.45) is 0 Å². The van der Waals surface area contributed by atoms with Gasteiger partial charge >= 0.3 is 0 Å². The highest BCUT2D eigenvalue weighted by atomic mass is 19.1. The molecule has 0 aliphatic rings. The smallest absolute Gasteiger partial charge is 0.257 e. The van der Waals surface area contributed by atoms with Gasteiger partial charge in [-0.05, 0) is 31.5 Å². The van der Waals surface area contributed by atoms with Gasteiger partial charge in [0, 0.05) is 6.20 Å². The fourth-order valence-corrected chi connectivity index (χ4v) is 2.79. The molecule has 0 fully saturated rings. The summed E-state index contributed by atoms with van der Waals surface area (Å²) < 4.78 is 28.1. The molecule has 0 saturated heterocycles. The van der Waals surface area contributed by atoms with Crippen molar-refractivity contribution in [3.8, 4) is 11.3 Å². The fraction of sp³-hybridized carbons (Fsp3) is 0.167. The van der Waals surface area contributed by atoms with Crippen molar-refractivity contribution in [1.29, 1.82) is 0 Å². The molecule has 0 saturated carbocycles. The Hall–Kier alpha value is -3.69. The molecule has 4 aromatic rings. The lowest BCUT2D eigenvalue weighted by Crippen LogP contribution is -2.15. The molecule has 0 aliphatic carbocycles. The second-order valence-electron chi connectivity index (χ2n) is 6.28. The van der Waals surface area contributed by atoms with Crippen LogP contribution in [-0.2, 0) is 0 Å². The van der Waals surface area contributed by atoms with Gasteiger partial charge in [-0.3, -0.25) is 4.79 Å². The third-order valence-corrected chi connectivity index (χ3v) is 4.21. The molecule has 0 bridgehead atoms. The second-order valence-corrected chi connectivity index (χ2v) is 6.28. The minimum atomic E-state index is -0.572. The second kappa shape index (κ2) is 6.80. The first kappa shape index (κ1) is 17.7. The van der Waals surface area contributed by atoms with E-state index >= 15 is 0 Å². The normalized spacial score (nSPS) is 12.3. The summed E-state index contributed by atoms with van der Waals surface area (Å²) in [4.78, 5) is 26.6. The van der Waals surface area contributed by atoms with Gasteiger partial charge in [-0.2, -0.15) is 0 Å². The van der Waals surface area contributed by atoms with E-state index in [4.69, 9.17) is 0 Å². The average Bonchev–Trinajstić information content (AvgIpc) is 3.07. The maximum atomic E-state index is 13.6. The molecular weight excluding hydrogens is 368 g/mol. The van der Waals surface area contributed by atoms with E-state index in [0.29, 0.717) is 23.0 Å². The predicted molar refractivity (Wildman–Crippen MR) is 97.8 cm³/mol. The minimum absolute atomic E-state index is 0.115. The van der Waals surface area contributed by atoms with E-state index in [0.717, 1.165) is 30.2 Å². The lowest BCUT2D eigenvalue weighted by atomic mass is 10.2. The zero-order valence-electron chi connectivity index (χ0n) is 14.9. The highest BCUT2D eigenvalue weighted by Gasteiger charge is 2.16. The number of hydrogen-bond acceptors (Lipinski definition) is 6. The molecule has 0 aliphatic heterocycles. The zero-order chi connectivity index (χ0) is 19.8. The number of rotatable bonds is 4. The number of hydrogen-bond donors (Lipinski definition) is 2. The zero-order valence-corrected chi connectivity index (χ0v) is 14.9. The fourth-order valence-electron chi connectivity index (χ4n) is 2.79. The number of aryl methyl sites for hydroxylation is 1. The van der Waals surface area contributed by atoms with E-state index in [1.165, 1.54) is 10.7 Å². The number of fused-ring (bicyclic) bond motifs is 1. The van der Waals surface area contributed by atoms with Crippen molar-refractivity contribution >= 4 is 11.5 Å². The van der Waals surface area contributed by atoms with Gasteiger partial charge in [0.25, 0.3) is 5.56 Å². The number of aromatic amines is 1. The van der Waals surface area contributed by atoms with E-state index in [-0.39, 0.29) is 11.6 Å². The third kappa shape index (κ3) is 3.20. The molecule has 0 unspecified atom stereocenters. The Morgan fingerprint density at radius 2 is 1.86 bits per heavy atom. The summed E-state index contributed by atoms with van der Waals surface area (Å²) in [6.45, 7) is 3.65. The largest absolute Gasteiger partial charge is 0.359 e. The number of nitrogens with one attached hydrogen (secondary N) is 2. The molecule has 2 N–H and O–H groups in total. The summed E-state index contributed by atoms with van der Waals surface area (Å²) >= 11 is 0. The number of pyridine rings is 1. The van der Waals surface area contributed by atoms with Crippen molar-refractivity contribution in [3.05, 3.63) is 70.3 Å². The molecule has 4 aromatic heterocycles. The molecule has 10 heteroatoms. The molecule has 4 heterocycles. The Bertz CT molecular complexity index is 1220. The molecule has 4 rings (SSSR count). The lowest BCUT2D eigenvalue weighted by molar-refractivity contribution is 0.604. The van der Waals surface area contributed by atoms with Crippen molar-refractivity contribution in [1.82, 2.24) is 29.5 Å². The van der Waals surface area contributed by atoms with E-state index in [9.17, 15) is 13.6 Å². The van der Waals surface area contributed by atoms with Crippen LogP contribution in [0.4, 0.5) is 14.6 Å². The molecule has 0 radical (unpaired) electrons. The first-order chi connectivity index (χ1) is 13.4. The van der Waals surface area contributed by atoms with E-state index < -0.39 is 17.2 Å². The van der Waals surface area contributed by atoms with Crippen LogP contribution in [-0.4, -0.2) is 29.5 Å². The van der Waals surface area contributed by atoms with Gasteiger partial charge in [0.2, 0.25) is 0 Å². The van der Waals surface area contributed by atoms with Crippen LogP contribution in [0.25, 0.3) is 16.9 Å². The molecule has 0 spiro atoms. The summed E-state index contributed by atoms with van der Waals surface area (Å²) in [5.41, 5.74) is 1.32. The minimum Gasteiger partial charge on any atom is -0.359 e. The van der Waals surface area contributed by atoms with Gasteiger partial charge in [-0.15, -0.1) is 5.10 Å². The number of halogens is 2. The van der Waals surface area contributed by atoms with Crippen LogP contribution in [0.15, 0.2) is 41.7 Å². The SMILES string of the molecule is Cc1cc2ncc(-c3cc(F)c[nH]c3=O)n2nc1N[C@@H](C)c1ncc(F)cn1. The Morgan fingerprint density at radius 1 is 1.11 bits per heavy atom. The van der Waals surface area contributed by atoms with Gasteiger partial charge in [-0.25, -0.2) is 28.2 Å². The van der Waals surface area contributed by atoms with E-state index in [1.54, 1.807) is 6.07 Å². The maximum Gasteiger partial charge on any atom is 0.257 e. The van der Waals surface area contributed by atoms with Crippen molar-refractivity contribution in [2.75, 3.05) is 5.32 Å². The summed E-state index contributed by atoms with van der Waals surface area (Å²) in [6.07, 6.45) is 4.63. The molecule has 8 nitrogen and oxygen atoms in total. The number of aromatic nitrogens is 6. The predicted octanol–water partition coefficient (Wildman–Crippen LogP) is 2.63. The van der Waals surface area contributed by atoms with Crippen LogP contribution in [0.1, 0.15) is 24.4 Å². The van der Waals surface area contributed by atoms with Gasteiger partial charge in [0.15, 0.2) is 17.3 Å². The molecule has 142 valence electrons. The van der Waals surface area contributed by atoms with Crippen LogP contribution in [0.5, 0.6) is 0 Å². The summed E-state index contributed by atoms with van der Waals surface area (Å²) in [7, 11) is 0. The number of imidazole rings is 1. The monoisotopic (exact) mass is 383 g/mol. The van der Waals surface area contributed by atoms with E-state index in [2.05, 4.69) is 30.4 Å². The van der Waals surface area contributed by atoms with Crippen LogP contribution in [0, 0.1) is 18.6 Å². The average molecular weight is 383 g/mol. The Kier molecular flexibility index (Phi) is 4.30. The molecule has 0 aromatic carbocycles. The van der Waals surface area contributed by atoms with Gasteiger partial charge < -0.3 is 10.3 Å². The highest BCUT2D eigenvalue weighted by molar-refractivity contribution is 5.64. The number of anilines is 1. The molecule has 1 atom stereocenters. The van der Waals surface area contributed by atoms with Crippen LogP contribution in [0.3, 0.4) is 0 Å². The summed E-state index contributed by atoms with van der Waals surface area (Å²) in [5.74, 6) is -0.192. The van der Waals surface area contributed by atoms with Crippen molar-refractivity contribution in [2.45, 2.75) is 19.9 Å². The molecular formula is C18H15F2N7O. The van der Waals surface area contributed by atoms with Gasteiger partial charge in [0.05, 0.1) is 35.9 Å². The maximum absolute atomic E-state index is 13.6. The molecule has 0 amide bonds. The summed E-state index contributed by atoms with van der Waals surface area (Å²) in [5, 5.41) is 7.67.